The fourth-order valence-electron chi connectivity index (χ4n) is 3.64. The lowest BCUT2D eigenvalue weighted by atomic mass is 10.1. The molecule has 5 nitrogen and oxygen atoms in total. The van der Waals surface area contributed by atoms with Crippen molar-refractivity contribution in [1.82, 2.24) is 4.90 Å². The molecule has 1 fully saturated rings. The van der Waals surface area contributed by atoms with Gasteiger partial charge in [-0.05, 0) is 69.2 Å². The quantitative estimate of drug-likeness (QED) is 0.780. The third-order valence-electron chi connectivity index (χ3n) is 5.18. The predicted octanol–water partition coefficient (Wildman–Crippen LogP) is 4.30. The molecule has 0 aromatic heterocycles. The first kappa shape index (κ1) is 19.9. The summed E-state index contributed by atoms with van der Waals surface area (Å²) in [6.07, 6.45) is 1.58. The van der Waals surface area contributed by atoms with E-state index in [0.717, 1.165) is 36.4 Å². The molecular weight excluding hydrogens is 350 g/mol. The number of anilines is 2. The van der Waals surface area contributed by atoms with E-state index in [4.69, 9.17) is 0 Å². The third-order valence-corrected chi connectivity index (χ3v) is 5.18. The molecule has 1 heterocycles. The molecule has 2 aromatic rings. The topological polar surface area (TPSA) is 52.7 Å². The third kappa shape index (κ3) is 4.71. The van der Waals surface area contributed by atoms with Crippen LogP contribution in [0.2, 0.25) is 0 Å². The lowest BCUT2D eigenvalue weighted by Crippen LogP contribution is -2.30. The average Bonchev–Trinajstić information content (AvgIpc) is 3.08. The average molecular weight is 380 g/mol. The van der Waals surface area contributed by atoms with Crippen LogP contribution in [0.3, 0.4) is 0 Å². The van der Waals surface area contributed by atoms with Crippen LogP contribution in [0.5, 0.6) is 0 Å². The van der Waals surface area contributed by atoms with Crippen LogP contribution >= 0.6 is 0 Å². The van der Waals surface area contributed by atoms with Crippen molar-refractivity contribution >= 4 is 23.2 Å². The SMILES string of the molecule is CCN(c1ccc(NC(=O)c2ccc(CN3CCCC3=O)cc2)cc1)C(C)C. The van der Waals surface area contributed by atoms with Gasteiger partial charge < -0.3 is 15.1 Å². The molecule has 1 aliphatic rings. The van der Waals surface area contributed by atoms with Gasteiger partial charge in [0.2, 0.25) is 5.91 Å². The lowest BCUT2D eigenvalue weighted by molar-refractivity contribution is -0.128. The highest BCUT2D eigenvalue weighted by Gasteiger charge is 2.20. The first-order valence-corrected chi connectivity index (χ1v) is 10.0. The van der Waals surface area contributed by atoms with Gasteiger partial charge in [0.05, 0.1) is 0 Å². The van der Waals surface area contributed by atoms with Crippen LogP contribution in [0, 0.1) is 0 Å². The van der Waals surface area contributed by atoms with Crippen molar-refractivity contribution in [3.8, 4) is 0 Å². The first-order valence-electron chi connectivity index (χ1n) is 10.0. The van der Waals surface area contributed by atoms with E-state index < -0.39 is 0 Å². The Kier molecular flexibility index (Phi) is 6.34. The number of likely N-dealkylation sites (tertiary alicyclic amines) is 1. The Morgan fingerprint density at radius 3 is 2.32 bits per heavy atom. The molecule has 28 heavy (non-hydrogen) atoms. The van der Waals surface area contributed by atoms with Crippen LogP contribution in [0.1, 0.15) is 49.5 Å². The van der Waals surface area contributed by atoms with E-state index in [1.54, 1.807) is 0 Å². The fourth-order valence-corrected chi connectivity index (χ4v) is 3.64. The summed E-state index contributed by atoms with van der Waals surface area (Å²) >= 11 is 0. The largest absolute Gasteiger partial charge is 0.369 e. The number of amides is 2. The molecule has 1 N–H and O–H groups in total. The van der Waals surface area contributed by atoms with Gasteiger partial charge >= 0.3 is 0 Å². The number of carbonyl (C=O) groups excluding carboxylic acids is 2. The van der Waals surface area contributed by atoms with Crippen LogP contribution in [0.25, 0.3) is 0 Å². The van der Waals surface area contributed by atoms with Crippen molar-refractivity contribution in [3.05, 3.63) is 59.7 Å². The smallest absolute Gasteiger partial charge is 0.255 e. The number of rotatable bonds is 7. The van der Waals surface area contributed by atoms with Gasteiger partial charge in [-0.15, -0.1) is 0 Å². The van der Waals surface area contributed by atoms with Gasteiger partial charge in [0.15, 0.2) is 0 Å². The van der Waals surface area contributed by atoms with Crippen molar-refractivity contribution in [2.45, 2.75) is 46.2 Å². The summed E-state index contributed by atoms with van der Waals surface area (Å²) in [5, 5.41) is 2.95. The molecule has 1 saturated heterocycles. The van der Waals surface area contributed by atoms with Gasteiger partial charge in [0.1, 0.15) is 0 Å². The van der Waals surface area contributed by atoms with Gasteiger partial charge in [-0.2, -0.15) is 0 Å². The number of nitrogens with zero attached hydrogens (tertiary/aromatic N) is 2. The van der Waals surface area contributed by atoms with Crippen LogP contribution in [0.15, 0.2) is 48.5 Å². The Balaban J connectivity index is 1.60. The van der Waals surface area contributed by atoms with Crippen molar-refractivity contribution in [1.29, 1.82) is 0 Å². The van der Waals surface area contributed by atoms with Gasteiger partial charge in [-0.25, -0.2) is 0 Å². The molecule has 148 valence electrons. The zero-order valence-electron chi connectivity index (χ0n) is 16.9. The van der Waals surface area contributed by atoms with Gasteiger partial charge in [0, 0.05) is 49.0 Å². The molecule has 1 aliphatic heterocycles. The molecule has 2 amide bonds. The van der Waals surface area contributed by atoms with Crippen LogP contribution in [0.4, 0.5) is 11.4 Å². The second-order valence-corrected chi connectivity index (χ2v) is 7.50. The number of hydrogen-bond acceptors (Lipinski definition) is 3. The van der Waals surface area contributed by atoms with E-state index in [1.807, 2.05) is 53.4 Å². The number of carbonyl (C=O) groups is 2. The summed E-state index contributed by atoms with van der Waals surface area (Å²) in [6.45, 7) is 8.86. The highest BCUT2D eigenvalue weighted by Crippen LogP contribution is 2.21. The minimum Gasteiger partial charge on any atom is -0.369 e. The molecule has 3 rings (SSSR count). The summed E-state index contributed by atoms with van der Waals surface area (Å²) in [5.41, 5.74) is 3.58. The molecule has 0 bridgehead atoms. The normalized spacial score (nSPS) is 13.9. The molecule has 2 aromatic carbocycles. The Labute approximate surface area is 167 Å². The maximum absolute atomic E-state index is 12.5. The number of nitrogens with one attached hydrogen (secondary N) is 1. The Hall–Kier alpha value is -2.82. The summed E-state index contributed by atoms with van der Waals surface area (Å²) in [7, 11) is 0. The molecule has 0 unspecified atom stereocenters. The molecule has 0 radical (unpaired) electrons. The fraction of sp³-hybridized carbons (Fsp3) is 0.391. The zero-order valence-corrected chi connectivity index (χ0v) is 16.9. The number of benzene rings is 2. The van der Waals surface area contributed by atoms with Crippen LogP contribution < -0.4 is 10.2 Å². The zero-order chi connectivity index (χ0) is 20.1. The van der Waals surface area contributed by atoms with E-state index in [0.29, 0.717) is 24.6 Å². The van der Waals surface area contributed by atoms with E-state index in [9.17, 15) is 9.59 Å². The van der Waals surface area contributed by atoms with Crippen molar-refractivity contribution in [3.63, 3.8) is 0 Å². The van der Waals surface area contributed by atoms with Gasteiger partial charge in [-0.3, -0.25) is 9.59 Å². The van der Waals surface area contributed by atoms with Crippen molar-refractivity contribution in [2.24, 2.45) is 0 Å². The van der Waals surface area contributed by atoms with E-state index in [2.05, 4.69) is 31.0 Å². The first-order chi connectivity index (χ1) is 13.5. The van der Waals surface area contributed by atoms with Crippen molar-refractivity contribution < 1.29 is 9.59 Å². The van der Waals surface area contributed by atoms with E-state index >= 15 is 0 Å². The Bertz CT molecular complexity index is 813. The summed E-state index contributed by atoms with van der Waals surface area (Å²) in [5.74, 6) is 0.0807. The van der Waals surface area contributed by atoms with Gasteiger partial charge in [0.25, 0.3) is 5.91 Å². The summed E-state index contributed by atoms with van der Waals surface area (Å²) in [4.78, 5) is 28.4. The second-order valence-electron chi connectivity index (χ2n) is 7.50. The Morgan fingerprint density at radius 2 is 1.79 bits per heavy atom. The van der Waals surface area contributed by atoms with Crippen molar-refractivity contribution in [2.75, 3.05) is 23.3 Å². The molecule has 0 aliphatic carbocycles. The highest BCUT2D eigenvalue weighted by atomic mass is 16.2. The maximum Gasteiger partial charge on any atom is 0.255 e. The summed E-state index contributed by atoms with van der Waals surface area (Å²) in [6, 6.07) is 15.9. The van der Waals surface area contributed by atoms with Gasteiger partial charge in [-0.1, -0.05) is 12.1 Å². The monoisotopic (exact) mass is 379 g/mol. The summed E-state index contributed by atoms with van der Waals surface area (Å²) < 4.78 is 0. The minimum atomic E-state index is -0.132. The molecule has 5 heteroatoms. The van der Waals surface area contributed by atoms with E-state index in [-0.39, 0.29) is 11.8 Å². The standard InChI is InChI=1S/C23H29N3O2/c1-4-26(17(2)3)21-13-11-20(12-14-21)24-23(28)19-9-7-18(8-10-19)16-25-15-5-6-22(25)27/h7-14,17H,4-6,15-16H2,1-3H3,(H,24,28). The molecule has 0 atom stereocenters. The molecule has 0 saturated carbocycles. The number of hydrogen-bond donors (Lipinski definition) is 1. The Morgan fingerprint density at radius 1 is 1.11 bits per heavy atom. The minimum absolute atomic E-state index is 0.132. The highest BCUT2D eigenvalue weighted by molar-refractivity contribution is 6.04. The lowest BCUT2D eigenvalue weighted by Gasteiger charge is -2.27. The maximum atomic E-state index is 12.5. The molecule has 0 spiro atoms. The molecular formula is C23H29N3O2. The predicted molar refractivity (Wildman–Crippen MR) is 114 cm³/mol. The second kappa shape index (κ2) is 8.91. The van der Waals surface area contributed by atoms with Crippen LogP contribution in [-0.2, 0) is 11.3 Å². The van der Waals surface area contributed by atoms with E-state index in [1.165, 1.54) is 0 Å². The van der Waals surface area contributed by atoms with Crippen LogP contribution in [-0.4, -0.2) is 35.8 Å².